The molecule has 0 radical (unpaired) electrons. The molecule has 1 atom stereocenters. The first-order valence-corrected chi connectivity index (χ1v) is 6.80. The maximum absolute atomic E-state index is 12.0. The molecule has 1 amide bonds. The van der Waals surface area contributed by atoms with Crippen LogP contribution < -0.4 is 5.32 Å². The van der Waals surface area contributed by atoms with Gasteiger partial charge in [-0.2, -0.15) is 5.10 Å². The van der Waals surface area contributed by atoms with Gasteiger partial charge in [-0.3, -0.25) is 0 Å². The highest BCUT2D eigenvalue weighted by atomic mass is 16.6. The quantitative estimate of drug-likeness (QED) is 0.840. The Hall–Kier alpha value is -2.12. The maximum Gasteiger partial charge on any atom is 0.408 e. The summed E-state index contributed by atoms with van der Waals surface area (Å²) < 4.78 is 6.59. The molecule has 116 valence electrons. The zero-order valence-electron chi connectivity index (χ0n) is 12.4. The van der Waals surface area contributed by atoms with E-state index in [2.05, 4.69) is 15.4 Å². The lowest BCUT2D eigenvalue weighted by Crippen LogP contribution is -2.59. The molecule has 2 N–H and O–H groups in total. The zero-order valence-corrected chi connectivity index (χ0v) is 12.4. The summed E-state index contributed by atoms with van der Waals surface area (Å²) >= 11 is 0. The maximum atomic E-state index is 12.0. The summed E-state index contributed by atoms with van der Waals surface area (Å²) in [6, 6.07) is 0. The minimum Gasteiger partial charge on any atom is -0.479 e. The summed E-state index contributed by atoms with van der Waals surface area (Å²) in [5, 5.41) is 16.1. The molecular weight excluding hydrogens is 276 g/mol. The van der Waals surface area contributed by atoms with E-state index in [9.17, 15) is 14.7 Å². The van der Waals surface area contributed by atoms with Crippen LogP contribution in [0.5, 0.6) is 0 Å². The van der Waals surface area contributed by atoms with Crippen LogP contribution in [0, 0.1) is 5.92 Å². The van der Waals surface area contributed by atoms with Gasteiger partial charge in [0, 0.05) is 0 Å². The van der Waals surface area contributed by atoms with Crippen LogP contribution in [0.3, 0.4) is 0 Å². The van der Waals surface area contributed by atoms with Crippen molar-refractivity contribution in [3.05, 3.63) is 12.7 Å². The smallest absolute Gasteiger partial charge is 0.408 e. The van der Waals surface area contributed by atoms with Crippen LogP contribution in [0.15, 0.2) is 12.7 Å². The van der Waals surface area contributed by atoms with E-state index in [4.69, 9.17) is 4.74 Å². The zero-order chi connectivity index (χ0) is 15.7. The molecule has 1 heterocycles. The Bertz CT molecular complexity index is 519. The van der Waals surface area contributed by atoms with Gasteiger partial charge < -0.3 is 15.2 Å². The molecule has 1 aromatic heterocycles. The second-order valence-corrected chi connectivity index (χ2v) is 6.27. The molecule has 0 aromatic carbocycles. The summed E-state index contributed by atoms with van der Waals surface area (Å²) in [7, 11) is 0. The number of carboxylic acid groups (broad SMARTS) is 1. The molecule has 1 aliphatic rings. The highest BCUT2D eigenvalue weighted by molar-refractivity contribution is 5.85. The lowest BCUT2D eigenvalue weighted by atomic mass is 9.93. The number of hydrogen-bond donors (Lipinski definition) is 2. The Morgan fingerprint density at radius 1 is 1.43 bits per heavy atom. The van der Waals surface area contributed by atoms with Gasteiger partial charge in [0.15, 0.2) is 5.54 Å². The molecule has 1 aliphatic carbocycles. The minimum atomic E-state index is -1.42. The lowest BCUT2D eigenvalue weighted by molar-refractivity contribution is -0.146. The van der Waals surface area contributed by atoms with Gasteiger partial charge in [0.05, 0.1) is 6.54 Å². The third-order valence-electron chi connectivity index (χ3n) is 3.26. The molecule has 8 nitrogen and oxygen atoms in total. The molecule has 0 saturated heterocycles. The SMILES string of the molecule is CC(C)(C)OC(=O)NC(Cn1cncn1)(C(=O)O)C1CC1. The Morgan fingerprint density at radius 2 is 2.10 bits per heavy atom. The number of nitrogens with zero attached hydrogens (tertiary/aromatic N) is 3. The van der Waals surface area contributed by atoms with Crippen LogP contribution >= 0.6 is 0 Å². The van der Waals surface area contributed by atoms with Crippen molar-refractivity contribution in [3.8, 4) is 0 Å². The summed E-state index contributed by atoms with van der Waals surface area (Å²) in [6.45, 7) is 5.20. The fourth-order valence-corrected chi connectivity index (χ4v) is 2.20. The number of aliphatic carboxylic acids is 1. The second kappa shape index (κ2) is 5.34. The van der Waals surface area contributed by atoms with Gasteiger partial charge in [-0.15, -0.1) is 0 Å². The van der Waals surface area contributed by atoms with Crippen LogP contribution in [0.25, 0.3) is 0 Å². The Kier molecular flexibility index (Phi) is 3.89. The van der Waals surface area contributed by atoms with Crippen molar-refractivity contribution in [3.63, 3.8) is 0 Å². The summed E-state index contributed by atoms with van der Waals surface area (Å²) in [5.41, 5.74) is -2.11. The van der Waals surface area contributed by atoms with Crippen LogP contribution in [-0.2, 0) is 16.1 Å². The van der Waals surface area contributed by atoms with Gasteiger partial charge >= 0.3 is 12.1 Å². The normalized spacial score (nSPS) is 17.9. The molecule has 21 heavy (non-hydrogen) atoms. The molecule has 2 rings (SSSR count). The Balaban J connectivity index is 2.19. The highest BCUT2D eigenvalue weighted by Crippen LogP contribution is 2.41. The van der Waals surface area contributed by atoms with E-state index in [1.807, 2.05) is 0 Å². The summed E-state index contributed by atoms with van der Waals surface area (Å²) in [6.07, 6.45) is 3.51. The van der Waals surface area contributed by atoms with Crippen molar-refractivity contribution in [2.24, 2.45) is 5.92 Å². The van der Waals surface area contributed by atoms with Gasteiger partial charge in [-0.05, 0) is 39.5 Å². The van der Waals surface area contributed by atoms with Gasteiger partial charge in [-0.25, -0.2) is 19.3 Å². The molecule has 0 spiro atoms. The largest absolute Gasteiger partial charge is 0.479 e. The van der Waals surface area contributed by atoms with Gasteiger partial charge in [0.2, 0.25) is 0 Å². The third-order valence-corrected chi connectivity index (χ3v) is 3.26. The van der Waals surface area contributed by atoms with Crippen molar-refractivity contribution in [1.82, 2.24) is 20.1 Å². The predicted octanol–water partition coefficient (Wildman–Crippen LogP) is 1.04. The molecule has 1 fully saturated rings. The number of nitrogens with one attached hydrogen (secondary N) is 1. The van der Waals surface area contributed by atoms with Crippen molar-refractivity contribution < 1.29 is 19.4 Å². The van der Waals surface area contributed by atoms with E-state index in [1.54, 1.807) is 20.8 Å². The lowest BCUT2D eigenvalue weighted by Gasteiger charge is -2.31. The Morgan fingerprint density at radius 3 is 2.52 bits per heavy atom. The second-order valence-electron chi connectivity index (χ2n) is 6.27. The number of ether oxygens (including phenoxy) is 1. The van der Waals surface area contributed by atoms with Crippen LogP contribution in [0.2, 0.25) is 0 Å². The van der Waals surface area contributed by atoms with E-state index in [0.29, 0.717) is 0 Å². The number of carbonyl (C=O) groups excluding carboxylic acids is 1. The van der Waals surface area contributed by atoms with Crippen molar-refractivity contribution in [2.45, 2.75) is 51.3 Å². The first-order chi connectivity index (χ1) is 9.73. The predicted molar refractivity (Wildman–Crippen MR) is 72.5 cm³/mol. The fraction of sp³-hybridized carbons (Fsp3) is 0.692. The van der Waals surface area contributed by atoms with Crippen LogP contribution in [-0.4, -0.2) is 43.1 Å². The topological polar surface area (TPSA) is 106 Å². The number of rotatable bonds is 5. The number of amides is 1. The van der Waals surface area contributed by atoms with Crippen molar-refractivity contribution in [1.29, 1.82) is 0 Å². The first kappa shape index (κ1) is 15.3. The minimum absolute atomic E-state index is 0.0201. The van der Waals surface area contributed by atoms with Crippen LogP contribution in [0.4, 0.5) is 4.79 Å². The molecule has 1 unspecified atom stereocenters. The van der Waals surface area contributed by atoms with E-state index in [-0.39, 0.29) is 12.5 Å². The number of carbonyl (C=O) groups is 2. The van der Waals surface area contributed by atoms with Gasteiger partial charge in [-0.1, -0.05) is 0 Å². The van der Waals surface area contributed by atoms with Gasteiger partial charge in [0.25, 0.3) is 0 Å². The van der Waals surface area contributed by atoms with E-state index >= 15 is 0 Å². The molecule has 8 heteroatoms. The van der Waals surface area contributed by atoms with Gasteiger partial charge in [0.1, 0.15) is 18.3 Å². The molecular formula is C13H20N4O4. The molecule has 0 aliphatic heterocycles. The molecule has 1 saturated carbocycles. The van der Waals surface area contributed by atoms with Crippen molar-refractivity contribution in [2.75, 3.05) is 0 Å². The van der Waals surface area contributed by atoms with E-state index in [1.165, 1.54) is 17.3 Å². The first-order valence-electron chi connectivity index (χ1n) is 6.80. The Labute approximate surface area is 122 Å². The average Bonchev–Trinajstić information content (AvgIpc) is 3.06. The summed E-state index contributed by atoms with van der Waals surface area (Å²) in [5.74, 6) is -1.22. The number of hydrogen-bond acceptors (Lipinski definition) is 5. The molecule has 1 aromatic rings. The number of aromatic nitrogens is 3. The standard InChI is InChI=1S/C13H20N4O4/c1-12(2,3)21-11(20)16-13(10(18)19,9-4-5-9)6-17-8-14-7-15-17/h7-9H,4-6H2,1-3H3,(H,16,20)(H,18,19). The summed E-state index contributed by atoms with van der Waals surface area (Å²) in [4.78, 5) is 27.6. The highest BCUT2D eigenvalue weighted by Gasteiger charge is 2.53. The van der Waals surface area contributed by atoms with Crippen molar-refractivity contribution >= 4 is 12.1 Å². The van der Waals surface area contributed by atoms with E-state index < -0.39 is 23.2 Å². The average molecular weight is 296 g/mol. The van der Waals surface area contributed by atoms with Crippen LogP contribution in [0.1, 0.15) is 33.6 Å². The fourth-order valence-electron chi connectivity index (χ4n) is 2.20. The third kappa shape index (κ3) is 3.71. The number of alkyl carbamates (subject to hydrolysis) is 1. The molecule has 0 bridgehead atoms. The number of carboxylic acids is 1. The van der Waals surface area contributed by atoms with E-state index in [0.717, 1.165) is 12.8 Å². The monoisotopic (exact) mass is 296 g/mol.